The van der Waals surface area contributed by atoms with Gasteiger partial charge in [-0.2, -0.15) is 13.2 Å². The molecule has 0 aromatic heterocycles. The maximum absolute atomic E-state index is 12.8. The van der Waals surface area contributed by atoms with Gasteiger partial charge in [0.15, 0.2) is 0 Å². The van der Waals surface area contributed by atoms with Gasteiger partial charge in [0.05, 0.1) is 16.6 Å². The third-order valence-corrected chi connectivity index (χ3v) is 4.24. The number of aliphatic hydroxyl groups is 1. The molecule has 0 amide bonds. The van der Waals surface area contributed by atoms with Crippen molar-refractivity contribution in [1.29, 1.82) is 0 Å². The lowest BCUT2D eigenvalue weighted by Crippen LogP contribution is -2.29. The second-order valence-corrected chi connectivity index (χ2v) is 5.98. The van der Waals surface area contributed by atoms with Crippen molar-refractivity contribution < 1.29 is 26.7 Å². The average molecular weight is 311 g/mol. The summed E-state index contributed by atoms with van der Waals surface area (Å²) in [6.45, 7) is 1.60. The van der Waals surface area contributed by atoms with Crippen LogP contribution in [0.15, 0.2) is 29.2 Å². The summed E-state index contributed by atoms with van der Waals surface area (Å²) in [6, 6.07) is 3.98. The van der Waals surface area contributed by atoms with E-state index in [-0.39, 0.29) is 13.0 Å². The van der Waals surface area contributed by atoms with E-state index in [1.165, 1.54) is 6.07 Å². The van der Waals surface area contributed by atoms with Crippen LogP contribution >= 0.6 is 0 Å². The van der Waals surface area contributed by atoms with Crippen LogP contribution in [-0.2, 0) is 16.2 Å². The molecule has 0 aliphatic rings. The van der Waals surface area contributed by atoms with Crippen LogP contribution in [0, 0.1) is 0 Å². The number of nitrogens with one attached hydrogen (secondary N) is 1. The molecule has 8 heteroatoms. The van der Waals surface area contributed by atoms with E-state index in [1.54, 1.807) is 6.92 Å². The number of hydrogen-bond donors (Lipinski definition) is 2. The van der Waals surface area contributed by atoms with Gasteiger partial charge in [0.1, 0.15) is 0 Å². The molecule has 1 rings (SSSR count). The highest BCUT2D eigenvalue weighted by Gasteiger charge is 2.36. The van der Waals surface area contributed by atoms with Crippen LogP contribution < -0.4 is 4.72 Å². The van der Waals surface area contributed by atoms with Crippen LogP contribution in [0.1, 0.15) is 25.3 Å². The zero-order chi connectivity index (χ0) is 15.4. The van der Waals surface area contributed by atoms with Crippen LogP contribution in [0.5, 0.6) is 0 Å². The summed E-state index contributed by atoms with van der Waals surface area (Å²) in [5, 5.41) is 9.29. The first-order valence-corrected chi connectivity index (χ1v) is 7.50. The highest BCUT2D eigenvalue weighted by atomic mass is 32.2. The van der Waals surface area contributed by atoms with Crippen LogP contribution in [-0.4, -0.2) is 26.2 Å². The third kappa shape index (κ3) is 4.46. The molecule has 0 saturated carbocycles. The van der Waals surface area contributed by atoms with Gasteiger partial charge in [0, 0.05) is 6.54 Å². The zero-order valence-corrected chi connectivity index (χ0v) is 11.6. The summed E-state index contributed by atoms with van der Waals surface area (Å²) < 4.78 is 64.1. The quantitative estimate of drug-likeness (QED) is 0.846. The number of sulfonamides is 1. The SMILES string of the molecule is CCC(O)CCNS(=O)(=O)c1ccccc1C(F)(F)F. The van der Waals surface area contributed by atoms with Crippen LogP contribution in [0.4, 0.5) is 13.2 Å². The summed E-state index contributed by atoms with van der Waals surface area (Å²) >= 11 is 0. The molecule has 0 spiro atoms. The monoisotopic (exact) mass is 311 g/mol. The first kappa shape index (κ1) is 16.9. The summed E-state index contributed by atoms with van der Waals surface area (Å²) in [4.78, 5) is -0.807. The second-order valence-electron chi connectivity index (χ2n) is 4.24. The van der Waals surface area contributed by atoms with Crippen LogP contribution in [0.25, 0.3) is 0 Å². The van der Waals surface area contributed by atoms with Crippen molar-refractivity contribution >= 4 is 10.0 Å². The van der Waals surface area contributed by atoms with Gasteiger partial charge < -0.3 is 5.11 Å². The van der Waals surface area contributed by atoms with E-state index >= 15 is 0 Å². The number of alkyl halides is 3. The van der Waals surface area contributed by atoms with Crippen molar-refractivity contribution in [3.63, 3.8) is 0 Å². The first-order chi connectivity index (χ1) is 9.18. The van der Waals surface area contributed by atoms with Crippen molar-refractivity contribution in [2.45, 2.75) is 36.9 Å². The largest absolute Gasteiger partial charge is 0.417 e. The van der Waals surface area contributed by atoms with Gasteiger partial charge in [-0.25, -0.2) is 13.1 Å². The van der Waals surface area contributed by atoms with E-state index in [9.17, 15) is 26.7 Å². The molecule has 20 heavy (non-hydrogen) atoms. The van der Waals surface area contributed by atoms with Gasteiger partial charge in [0.2, 0.25) is 10.0 Å². The maximum atomic E-state index is 12.8. The minimum atomic E-state index is -4.74. The number of rotatable bonds is 6. The Balaban J connectivity index is 2.94. The van der Waals surface area contributed by atoms with Gasteiger partial charge in [0.25, 0.3) is 0 Å². The molecule has 4 nitrogen and oxygen atoms in total. The van der Waals surface area contributed by atoms with Crippen LogP contribution in [0.2, 0.25) is 0 Å². The zero-order valence-electron chi connectivity index (χ0n) is 10.8. The lowest BCUT2D eigenvalue weighted by atomic mass is 10.2. The third-order valence-electron chi connectivity index (χ3n) is 2.72. The molecule has 0 aliphatic heterocycles. The molecule has 0 heterocycles. The fourth-order valence-corrected chi connectivity index (χ4v) is 2.85. The lowest BCUT2D eigenvalue weighted by molar-refractivity contribution is -0.139. The number of aliphatic hydroxyl groups excluding tert-OH is 1. The molecule has 0 bridgehead atoms. The Kier molecular flexibility index (Phi) is 5.55. The van der Waals surface area contributed by atoms with Crippen molar-refractivity contribution in [1.82, 2.24) is 4.72 Å². The molecule has 1 unspecified atom stereocenters. The van der Waals surface area contributed by atoms with Gasteiger partial charge in [-0.1, -0.05) is 19.1 Å². The van der Waals surface area contributed by atoms with Gasteiger partial charge in [-0.05, 0) is 25.0 Å². The Morgan fingerprint density at radius 2 is 1.90 bits per heavy atom. The van der Waals surface area contributed by atoms with Crippen molar-refractivity contribution in [2.75, 3.05) is 6.54 Å². The Morgan fingerprint density at radius 3 is 2.45 bits per heavy atom. The Morgan fingerprint density at radius 1 is 1.30 bits per heavy atom. The average Bonchev–Trinajstić information content (AvgIpc) is 2.37. The molecule has 1 atom stereocenters. The molecule has 2 N–H and O–H groups in total. The molecular weight excluding hydrogens is 295 g/mol. The van der Waals surface area contributed by atoms with Gasteiger partial charge >= 0.3 is 6.18 Å². The van der Waals surface area contributed by atoms with E-state index in [4.69, 9.17) is 0 Å². The van der Waals surface area contributed by atoms with Crippen molar-refractivity contribution in [3.05, 3.63) is 29.8 Å². The standard InChI is InChI=1S/C12H16F3NO3S/c1-2-9(17)7-8-16-20(18,19)11-6-4-3-5-10(11)12(13,14)15/h3-6,9,16-17H,2,7-8H2,1H3. The molecule has 1 aromatic carbocycles. The normalized spacial score (nSPS) is 14.2. The number of hydrogen-bond acceptors (Lipinski definition) is 3. The lowest BCUT2D eigenvalue weighted by Gasteiger charge is -2.14. The maximum Gasteiger partial charge on any atom is 0.417 e. The van der Waals surface area contributed by atoms with E-state index in [0.717, 1.165) is 18.2 Å². The molecule has 0 aliphatic carbocycles. The minimum absolute atomic E-state index is 0.121. The number of halogens is 3. The molecule has 0 radical (unpaired) electrons. The van der Waals surface area contributed by atoms with E-state index < -0.39 is 32.8 Å². The highest BCUT2D eigenvalue weighted by molar-refractivity contribution is 7.89. The molecule has 114 valence electrons. The smallest absolute Gasteiger partial charge is 0.393 e. The molecule has 0 saturated heterocycles. The minimum Gasteiger partial charge on any atom is -0.393 e. The van der Waals surface area contributed by atoms with Crippen molar-refractivity contribution in [3.8, 4) is 0 Å². The summed E-state index contributed by atoms with van der Waals surface area (Å²) in [5.74, 6) is 0. The van der Waals surface area contributed by atoms with Gasteiger partial charge in [-0.3, -0.25) is 0 Å². The highest BCUT2D eigenvalue weighted by Crippen LogP contribution is 2.33. The number of benzene rings is 1. The van der Waals surface area contributed by atoms with Crippen LogP contribution in [0.3, 0.4) is 0 Å². The van der Waals surface area contributed by atoms with E-state index in [1.807, 2.05) is 0 Å². The molecular formula is C12H16F3NO3S. The fourth-order valence-electron chi connectivity index (χ4n) is 1.58. The Labute approximate surface area is 115 Å². The summed E-state index contributed by atoms with van der Waals surface area (Å²) in [6.07, 6.45) is -4.84. The Bertz CT molecular complexity index is 543. The predicted molar refractivity (Wildman–Crippen MR) is 67.5 cm³/mol. The topological polar surface area (TPSA) is 66.4 Å². The molecule has 0 fully saturated rings. The van der Waals surface area contributed by atoms with Crippen molar-refractivity contribution in [2.24, 2.45) is 0 Å². The predicted octanol–water partition coefficient (Wildman–Crippen LogP) is 2.14. The van der Waals surface area contributed by atoms with E-state index in [2.05, 4.69) is 4.72 Å². The molecule has 1 aromatic rings. The fraction of sp³-hybridized carbons (Fsp3) is 0.500. The van der Waals surface area contributed by atoms with Gasteiger partial charge in [-0.15, -0.1) is 0 Å². The van der Waals surface area contributed by atoms with E-state index in [0.29, 0.717) is 6.42 Å². The Hall–Kier alpha value is -1.12. The first-order valence-electron chi connectivity index (χ1n) is 6.02. The summed E-state index contributed by atoms with van der Waals surface area (Å²) in [5.41, 5.74) is -1.21. The summed E-state index contributed by atoms with van der Waals surface area (Å²) in [7, 11) is -4.26. The second kappa shape index (κ2) is 6.55.